The van der Waals surface area contributed by atoms with Crippen LogP contribution in [0.15, 0.2) is 41.1 Å². The number of benzene rings is 1. The number of phenols is 1. The quantitative estimate of drug-likeness (QED) is 0.779. The van der Waals surface area contributed by atoms with Crippen LogP contribution < -0.4 is 5.73 Å². The summed E-state index contributed by atoms with van der Waals surface area (Å²) in [5.74, 6) is 0.156. The lowest BCUT2D eigenvalue weighted by Gasteiger charge is -2.09. The van der Waals surface area contributed by atoms with E-state index in [1.165, 1.54) is 0 Å². The molecule has 3 N–H and O–H groups in total. The average molecular weight is 265 g/mol. The Labute approximate surface area is 95.7 Å². The van der Waals surface area contributed by atoms with Gasteiger partial charge in [0, 0.05) is 33.7 Å². The van der Waals surface area contributed by atoms with E-state index < -0.39 is 0 Å². The standard InChI is InChI=1S/C11H9BrN2O/c12-8-4-5-14-6-7(8)11-9(13)2-1-3-10(11)15/h1-6,15H,13H2. The number of hydrogen-bond donors (Lipinski definition) is 2. The molecule has 0 amide bonds. The summed E-state index contributed by atoms with van der Waals surface area (Å²) >= 11 is 3.39. The van der Waals surface area contributed by atoms with E-state index >= 15 is 0 Å². The number of phenolic OH excluding ortho intramolecular Hbond substituents is 1. The number of nitrogens with two attached hydrogens (primary N) is 1. The zero-order chi connectivity index (χ0) is 10.8. The lowest BCUT2D eigenvalue weighted by atomic mass is 10.0. The molecule has 0 saturated heterocycles. The molecule has 1 heterocycles. The Bertz CT molecular complexity index is 479. The topological polar surface area (TPSA) is 59.1 Å². The molecule has 76 valence electrons. The maximum Gasteiger partial charge on any atom is 0.125 e. The van der Waals surface area contributed by atoms with Gasteiger partial charge in [0.15, 0.2) is 0 Å². The first-order valence-corrected chi connectivity index (χ1v) is 5.17. The highest BCUT2D eigenvalue weighted by Gasteiger charge is 2.10. The molecule has 1 aromatic carbocycles. The molecule has 0 spiro atoms. The third kappa shape index (κ3) is 1.80. The molecule has 0 fully saturated rings. The molecule has 0 bridgehead atoms. The van der Waals surface area contributed by atoms with Crippen LogP contribution in [0.3, 0.4) is 0 Å². The SMILES string of the molecule is Nc1cccc(O)c1-c1cnccc1Br. The zero-order valence-electron chi connectivity index (χ0n) is 7.81. The van der Waals surface area contributed by atoms with E-state index in [4.69, 9.17) is 5.73 Å². The Hall–Kier alpha value is -1.55. The molecule has 0 atom stereocenters. The molecule has 1 aromatic heterocycles. The molecular weight excluding hydrogens is 256 g/mol. The number of nitrogens with zero attached hydrogens (tertiary/aromatic N) is 1. The van der Waals surface area contributed by atoms with Crippen LogP contribution in [0, 0.1) is 0 Å². The van der Waals surface area contributed by atoms with Gasteiger partial charge in [0.05, 0.1) is 0 Å². The third-order valence-electron chi connectivity index (χ3n) is 2.11. The van der Waals surface area contributed by atoms with Gasteiger partial charge in [-0.05, 0) is 18.2 Å². The van der Waals surface area contributed by atoms with Gasteiger partial charge in [-0.2, -0.15) is 0 Å². The molecule has 0 aliphatic rings. The summed E-state index contributed by atoms with van der Waals surface area (Å²) in [7, 11) is 0. The summed E-state index contributed by atoms with van der Waals surface area (Å²) in [6.45, 7) is 0. The van der Waals surface area contributed by atoms with Gasteiger partial charge >= 0.3 is 0 Å². The van der Waals surface area contributed by atoms with Crippen molar-refractivity contribution in [2.75, 3.05) is 5.73 Å². The van der Waals surface area contributed by atoms with Crippen molar-refractivity contribution in [3.8, 4) is 16.9 Å². The Kier molecular flexibility index (Phi) is 2.60. The van der Waals surface area contributed by atoms with Gasteiger partial charge in [-0.3, -0.25) is 4.98 Å². The number of aromatic nitrogens is 1. The van der Waals surface area contributed by atoms with Gasteiger partial charge in [-0.15, -0.1) is 0 Å². The molecule has 0 radical (unpaired) electrons. The van der Waals surface area contributed by atoms with Crippen molar-refractivity contribution >= 4 is 21.6 Å². The van der Waals surface area contributed by atoms with Gasteiger partial charge in [0.2, 0.25) is 0 Å². The summed E-state index contributed by atoms with van der Waals surface area (Å²) in [6.07, 6.45) is 3.33. The van der Waals surface area contributed by atoms with Crippen molar-refractivity contribution in [3.05, 3.63) is 41.1 Å². The minimum Gasteiger partial charge on any atom is -0.507 e. The largest absolute Gasteiger partial charge is 0.507 e. The predicted molar refractivity (Wildman–Crippen MR) is 63.5 cm³/mol. The zero-order valence-corrected chi connectivity index (χ0v) is 9.40. The summed E-state index contributed by atoms with van der Waals surface area (Å²) in [6, 6.07) is 6.86. The van der Waals surface area contributed by atoms with Crippen LogP contribution in [0.25, 0.3) is 11.1 Å². The molecule has 2 aromatic rings. The van der Waals surface area contributed by atoms with Crippen molar-refractivity contribution < 1.29 is 5.11 Å². The van der Waals surface area contributed by atoms with Gasteiger partial charge in [0.25, 0.3) is 0 Å². The lowest BCUT2D eigenvalue weighted by molar-refractivity contribution is 0.477. The van der Waals surface area contributed by atoms with E-state index in [2.05, 4.69) is 20.9 Å². The second kappa shape index (κ2) is 3.90. The Balaban J connectivity index is 2.69. The van der Waals surface area contributed by atoms with Crippen molar-refractivity contribution in [1.29, 1.82) is 0 Å². The van der Waals surface area contributed by atoms with Crippen LogP contribution in [0.1, 0.15) is 0 Å². The fourth-order valence-electron chi connectivity index (χ4n) is 1.41. The highest BCUT2D eigenvalue weighted by Crippen LogP contribution is 2.37. The van der Waals surface area contributed by atoms with E-state index in [9.17, 15) is 5.11 Å². The molecule has 0 aliphatic heterocycles. The average Bonchev–Trinajstić information content (AvgIpc) is 2.20. The Morgan fingerprint density at radius 3 is 2.73 bits per heavy atom. The van der Waals surface area contributed by atoms with Crippen molar-refractivity contribution in [2.45, 2.75) is 0 Å². The summed E-state index contributed by atoms with van der Waals surface area (Å²) < 4.78 is 0.853. The molecule has 15 heavy (non-hydrogen) atoms. The van der Waals surface area contributed by atoms with E-state index in [1.807, 2.05) is 0 Å². The van der Waals surface area contributed by atoms with Crippen molar-refractivity contribution in [1.82, 2.24) is 4.98 Å². The Morgan fingerprint density at radius 2 is 2.07 bits per heavy atom. The molecule has 4 heteroatoms. The second-order valence-corrected chi connectivity index (χ2v) is 3.95. The summed E-state index contributed by atoms with van der Waals surface area (Å²) in [4.78, 5) is 4.01. The second-order valence-electron chi connectivity index (χ2n) is 3.10. The molecule has 0 unspecified atom stereocenters. The van der Waals surface area contributed by atoms with Crippen LogP contribution in [0.5, 0.6) is 5.75 Å². The molecule has 2 rings (SSSR count). The van der Waals surface area contributed by atoms with Gasteiger partial charge in [-0.1, -0.05) is 22.0 Å². The van der Waals surface area contributed by atoms with E-state index in [0.717, 1.165) is 10.0 Å². The first kappa shape index (κ1) is 9.98. The Morgan fingerprint density at radius 1 is 1.27 bits per heavy atom. The number of nitrogen functional groups attached to an aromatic ring is 1. The molecule has 3 nitrogen and oxygen atoms in total. The van der Waals surface area contributed by atoms with Gasteiger partial charge < -0.3 is 10.8 Å². The van der Waals surface area contributed by atoms with Gasteiger partial charge in [0.1, 0.15) is 5.75 Å². The molecular formula is C11H9BrN2O. The van der Waals surface area contributed by atoms with E-state index in [0.29, 0.717) is 11.3 Å². The number of rotatable bonds is 1. The van der Waals surface area contributed by atoms with E-state index in [1.54, 1.807) is 36.7 Å². The number of pyridine rings is 1. The van der Waals surface area contributed by atoms with Crippen molar-refractivity contribution in [3.63, 3.8) is 0 Å². The normalized spacial score (nSPS) is 10.2. The third-order valence-corrected chi connectivity index (χ3v) is 2.80. The monoisotopic (exact) mass is 264 g/mol. The van der Waals surface area contributed by atoms with E-state index in [-0.39, 0.29) is 5.75 Å². The smallest absolute Gasteiger partial charge is 0.125 e. The van der Waals surface area contributed by atoms with Crippen LogP contribution >= 0.6 is 15.9 Å². The predicted octanol–water partition coefficient (Wildman–Crippen LogP) is 2.80. The number of aromatic hydroxyl groups is 1. The van der Waals surface area contributed by atoms with Crippen LogP contribution in [-0.4, -0.2) is 10.1 Å². The fraction of sp³-hybridized carbons (Fsp3) is 0. The molecule has 0 saturated carbocycles. The number of anilines is 1. The fourth-order valence-corrected chi connectivity index (χ4v) is 1.83. The first-order valence-electron chi connectivity index (χ1n) is 4.37. The number of hydrogen-bond acceptors (Lipinski definition) is 3. The van der Waals surface area contributed by atoms with Crippen LogP contribution in [-0.2, 0) is 0 Å². The van der Waals surface area contributed by atoms with Gasteiger partial charge in [-0.25, -0.2) is 0 Å². The maximum absolute atomic E-state index is 9.74. The minimum atomic E-state index is 0.156. The minimum absolute atomic E-state index is 0.156. The van der Waals surface area contributed by atoms with Crippen LogP contribution in [0.2, 0.25) is 0 Å². The van der Waals surface area contributed by atoms with Crippen molar-refractivity contribution in [2.24, 2.45) is 0 Å². The summed E-state index contributed by atoms with van der Waals surface area (Å²) in [5.41, 5.74) is 7.74. The molecule has 0 aliphatic carbocycles. The van der Waals surface area contributed by atoms with Crippen LogP contribution in [0.4, 0.5) is 5.69 Å². The maximum atomic E-state index is 9.74. The lowest BCUT2D eigenvalue weighted by Crippen LogP contribution is -1.91. The first-order chi connectivity index (χ1) is 7.20. The highest BCUT2D eigenvalue weighted by atomic mass is 79.9. The number of halogens is 1. The summed E-state index contributed by atoms with van der Waals surface area (Å²) in [5, 5.41) is 9.74. The highest BCUT2D eigenvalue weighted by molar-refractivity contribution is 9.10.